The molecular weight excluding hydrogens is 611 g/mol. The molecule has 7 aromatic carbocycles. The number of hydrogen-bond donors (Lipinski definition) is 0. The minimum Gasteiger partial charge on any atom is -0.309 e. The van der Waals surface area contributed by atoms with E-state index in [1.807, 2.05) is 6.07 Å². The van der Waals surface area contributed by atoms with Gasteiger partial charge in [-0.15, -0.1) is 0 Å². The van der Waals surface area contributed by atoms with Gasteiger partial charge in [0.2, 0.25) is 5.95 Å². The Labute approximate surface area is 288 Å². The Bertz CT molecular complexity index is 2770. The van der Waals surface area contributed by atoms with Crippen LogP contribution in [-0.4, -0.2) is 24.1 Å². The lowest BCUT2D eigenvalue weighted by molar-refractivity contribution is 0.953. The first-order chi connectivity index (χ1) is 24.8. The van der Waals surface area contributed by atoms with Crippen LogP contribution in [0.15, 0.2) is 176 Å². The van der Waals surface area contributed by atoms with Gasteiger partial charge in [0.15, 0.2) is 11.6 Å². The van der Waals surface area contributed by atoms with Gasteiger partial charge < -0.3 is 4.57 Å². The third-order valence-corrected chi connectivity index (χ3v) is 9.57. The topological polar surface area (TPSA) is 48.5 Å². The van der Waals surface area contributed by atoms with Crippen LogP contribution in [0.3, 0.4) is 0 Å². The number of para-hydroxylation sites is 4. The molecule has 0 saturated carbocycles. The molecule has 0 aliphatic heterocycles. The Morgan fingerprint density at radius 1 is 0.300 bits per heavy atom. The van der Waals surface area contributed by atoms with E-state index >= 15 is 0 Å². The Hall–Kier alpha value is -6.85. The molecule has 0 amide bonds. The number of aromatic nitrogens is 5. The van der Waals surface area contributed by atoms with E-state index in [1.54, 1.807) is 0 Å². The van der Waals surface area contributed by atoms with Crippen molar-refractivity contribution >= 4 is 43.6 Å². The van der Waals surface area contributed by atoms with Crippen molar-refractivity contribution in [3.05, 3.63) is 176 Å². The summed E-state index contributed by atoms with van der Waals surface area (Å²) in [6.45, 7) is 0. The highest BCUT2D eigenvalue weighted by molar-refractivity contribution is 6.10. The molecule has 0 saturated heterocycles. The lowest BCUT2D eigenvalue weighted by Gasteiger charge is -2.13. The smallest absolute Gasteiger partial charge is 0.238 e. The standard InChI is InChI=1S/C45H29N5/c1-2-14-30(15-3-1)31-16-12-17-32(28-31)43-46-44(48-45(47-43)50-41-26-10-6-22-37(41)38-23-7-11-27-42(38)50)33-18-13-19-34(29-33)49-39-24-8-4-20-35(39)36-21-5-9-25-40(36)49/h1-29H. The van der Waals surface area contributed by atoms with Gasteiger partial charge in [-0.25, -0.2) is 4.98 Å². The highest BCUT2D eigenvalue weighted by Gasteiger charge is 2.19. The molecular formula is C45H29N5. The summed E-state index contributed by atoms with van der Waals surface area (Å²) in [6.07, 6.45) is 0. The summed E-state index contributed by atoms with van der Waals surface area (Å²) in [6, 6.07) is 61.4. The van der Waals surface area contributed by atoms with Crippen LogP contribution < -0.4 is 0 Å². The maximum absolute atomic E-state index is 5.23. The lowest BCUT2D eigenvalue weighted by atomic mass is 10.0. The molecule has 10 aromatic rings. The van der Waals surface area contributed by atoms with Crippen LogP contribution in [0.5, 0.6) is 0 Å². The Morgan fingerprint density at radius 3 is 1.28 bits per heavy atom. The maximum atomic E-state index is 5.23. The van der Waals surface area contributed by atoms with Crippen molar-refractivity contribution in [1.82, 2.24) is 24.1 Å². The Balaban J connectivity index is 1.22. The van der Waals surface area contributed by atoms with Crippen molar-refractivity contribution in [1.29, 1.82) is 0 Å². The number of hydrogen-bond acceptors (Lipinski definition) is 3. The van der Waals surface area contributed by atoms with Crippen LogP contribution in [0.1, 0.15) is 0 Å². The summed E-state index contributed by atoms with van der Waals surface area (Å²) in [5.74, 6) is 1.81. The van der Waals surface area contributed by atoms with E-state index in [4.69, 9.17) is 15.0 Å². The molecule has 0 atom stereocenters. The van der Waals surface area contributed by atoms with E-state index in [-0.39, 0.29) is 0 Å². The number of fused-ring (bicyclic) bond motifs is 6. The minimum absolute atomic E-state index is 0.579. The van der Waals surface area contributed by atoms with Gasteiger partial charge in [-0.1, -0.05) is 133 Å². The molecule has 0 aliphatic carbocycles. The molecule has 0 fully saturated rings. The lowest BCUT2D eigenvalue weighted by Crippen LogP contribution is -2.06. The van der Waals surface area contributed by atoms with Gasteiger partial charge in [0.1, 0.15) is 0 Å². The first-order valence-electron chi connectivity index (χ1n) is 16.8. The predicted molar refractivity (Wildman–Crippen MR) is 205 cm³/mol. The second-order valence-electron chi connectivity index (χ2n) is 12.5. The highest BCUT2D eigenvalue weighted by atomic mass is 15.2. The van der Waals surface area contributed by atoms with Crippen LogP contribution in [0.25, 0.3) is 89.2 Å². The molecule has 10 rings (SSSR count). The molecule has 5 nitrogen and oxygen atoms in total. The zero-order valence-electron chi connectivity index (χ0n) is 27.0. The van der Waals surface area contributed by atoms with Crippen LogP contribution in [0.2, 0.25) is 0 Å². The molecule has 5 heteroatoms. The van der Waals surface area contributed by atoms with Crippen molar-refractivity contribution in [2.45, 2.75) is 0 Å². The molecule has 3 heterocycles. The summed E-state index contributed by atoms with van der Waals surface area (Å²) in [5, 5.41) is 4.77. The average molecular weight is 640 g/mol. The quantitative estimate of drug-likeness (QED) is 0.188. The summed E-state index contributed by atoms with van der Waals surface area (Å²) < 4.78 is 4.49. The Morgan fingerprint density at radius 2 is 0.720 bits per heavy atom. The van der Waals surface area contributed by atoms with Crippen molar-refractivity contribution in [3.63, 3.8) is 0 Å². The number of benzene rings is 7. The van der Waals surface area contributed by atoms with E-state index in [0.29, 0.717) is 17.6 Å². The monoisotopic (exact) mass is 639 g/mol. The molecule has 0 unspecified atom stereocenters. The van der Waals surface area contributed by atoms with Crippen molar-refractivity contribution < 1.29 is 0 Å². The molecule has 0 radical (unpaired) electrons. The van der Waals surface area contributed by atoms with Crippen molar-refractivity contribution in [3.8, 4) is 45.5 Å². The van der Waals surface area contributed by atoms with Crippen LogP contribution in [-0.2, 0) is 0 Å². The predicted octanol–water partition coefficient (Wildman–Crippen LogP) is 11.1. The fraction of sp³-hybridized carbons (Fsp3) is 0. The second-order valence-corrected chi connectivity index (χ2v) is 12.5. The first kappa shape index (κ1) is 28.2. The summed E-state index contributed by atoms with van der Waals surface area (Å²) in [5.41, 5.74) is 9.55. The fourth-order valence-electron chi connectivity index (χ4n) is 7.31. The Kier molecular flexibility index (Phi) is 6.42. The van der Waals surface area contributed by atoms with Crippen molar-refractivity contribution in [2.75, 3.05) is 0 Å². The van der Waals surface area contributed by atoms with Crippen molar-refractivity contribution in [2.24, 2.45) is 0 Å². The van der Waals surface area contributed by atoms with Gasteiger partial charge >= 0.3 is 0 Å². The number of nitrogens with zero attached hydrogens (tertiary/aromatic N) is 5. The molecule has 0 bridgehead atoms. The molecule has 50 heavy (non-hydrogen) atoms. The summed E-state index contributed by atoms with van der Waals surface area (Å²) >= 11 is 0. The van der Waals surface area contributed by atoms with Gasteiger partial charge in [-0.2, -0.15) is 9.97 Å². The largest absolute Gasteiger partial charge is 0.309 e. The van der Waals surface area contributed by atoms with E-state index < -0.39 is 0 Å². The molecule has 0 N–H and O–H groups in total. The molecule has 234 valence electrons. The van der Waals surface area contributed by atoms with E-state index in [9.17, 15) is 0 Å². The number of rotatable bonds is 5. The maximum Gasteiger partial charge on any atom is 0.238 e. The fourth-order valence-corrected chi connectivity index (χ4v) is 7.31. The van der Waals surface area contributed by atoms with Crippen LogP contribution in [0.4, 0.5) is 0 Å². The van der Waals surface area contributed by atoms with E-state index in [0.717, 1.165) is 60.8 Å². The third kappa shape index (κ3) is 4.52. The van der Waals surface area contributed by atoms with E-state index in [2.05, 4.69) is 179 Å². The first-order valence-corrected chi connectivity index (χ1v) is 16.8. The van der Waals surface area contributed by atoms with Gasteiger partial charge in [0, 0.05) is 38.4 Å². The molecule has 0 aliphatic rings. The van der Waals surface area contributed by atoms with Gasteiger partial charge in [-0.3, -0.25) is 4.57 Å². The third-order valence-electron chi connectivity index (χ3n) is 9.57. The SMILES string of the molecule is c1ccc(-c2cccc(-c3nc(-c4cccc(-n5c6ccccc6c6ccccc65)c4)nc(-n4c5ccccc5c5ccccc54)n3)c2)cc1. The minimum atomic E-state index is 0.579. The summed E-state index contributed by atoms with van der Waals surface area (Å²) in [7, 11) is 0. The molecule has 3 aromatic heterocycles. The van der Waals surface area contributed by atoms with Crippen LogP contribution in [0, 0.1) is 0 Å². The van der Waals surface area contributed by atoms with Crippen LogP contribution >= 0.6 is 0 Å². The zero-order valence-corrected chi connectivity index (χ0v) is 27.0. The molecule has 0 spiro atoms. The average Bonchev–Trinajstić information content (AvgIpc) is 3.71. The van der Waals surface area contributed by atoms with Gasteiger partial charge in [0.05, 0.1) is 22.1 Å². The highest BCUT2D eigenvalue weighted by Crippen LogP contribution is 2.35. The zero-order chi connectivity index (χ0) is 33.0. The van der Waals surface area contributed by atoms with Gasteiger partial charge in [0.25, 0.3) is 0 Å². The summed E-state index contributed by atoms with van der Waals surface area (Å²) in [4.78, 5) is 15.6. The van der Waals surface area contributed by atoms with Gasteiger partial charge in [-0.05, 0) is 53.6 Å². The van der Waals surface area contributed by atoms with E-state index in [1.165, 1.54) is 10.8 Å². The normalized spacial score (nSPS) is 11.6. The second kappa shape index (κ2) is 11.4.